The summed E-state index contributed by atoms with van der Waals surface area (Å²) in [5.41, 5.74) is 3.93. The topological polar surface area (TPSA) is 88.9 Å². The number of methoxy groups -OCH3 is 1. The summed E-state index contributed by atoms with van der Waals surface area (Å²) in [6.45, 7) is 3.85. The van der Waals surface area contributed by atoms with E-state index in [2.05, 4.69) is 56.6 Å². The highest BCUT2D eigenvalue weighted by Gasteiger charge is 2.23. The lowest BCUT2D eigenvalue weighted by Gasteiger charge is -2.23. The van der Waals surface area contributed by atoms with Crippen molar-refractivity contribution in [1.29, 1.82) is 0 Å². The second kappa shape index (κ2) is 10.4. The number of H-pyrrole nitrogens is 1. The van der Waals surface area contributed by atoms with Crippen molar-refractivity contribution < 1.29 is 4.74 Å². The molecule has 1 saturated carbocycles. The van der Waals surface area contributed by atoms with Crippen LogP contribution in [0.4, 0.5) is 0 Å². The average Bonchev–Trinajstić information content (AvgIpc) is 3.57. The molecule has 0 atom stereocenters. The largest absolute Gasteiger partial charge is 0.497 e. The van der Waals surface area contributed by atoms with E-state index in [4.69, 9.17) is 4.74 Å². The number of benzene rings is 2. The number of hydrogen-bond donors (Lipinski definition) is 1. The number of aromatic nitrogens is 5. The minimum atomic E-state index is -0.0585. The molecule has 2 heterocycles. The molecule has 4 aromatic rings. The third kappa shape index (κ3) is 5.27. The van der Waals surface area contributed by atoms with Gasteiger partial charge in [-0.1, -0.05) is 38.0 Å². The number of aromatic amines is 1. The standard InChI is InChI=1S/C27H32N6O2/c1-3-19-10-13-25-21(14-19)15-22(27(34)28-25)17-32(16-20-8-11-24(35-2)12-9-20)18-26-29-30-31-33(26)23-6-4-5-7-23/h8-15,23H,3-7,16-18H2,1-2H3,(H,28,34). The molecular weight excluding hydrogens is 440 g/mol. The Bertz CT molecular complexity index is 1340. The molecule has 2 aromatic heterocycles. The number of pyridine rings is 1. The molecule has 8 nitrogen and oxygen atoms in total. The Morgan fingerprint density at radius 1 is 1.03 bits per heavy atom. The van der Waals surface area contributed by atoms with Gasteiger partial charge in [0.15, 0.2) is 5.82 Å². The zero-order chi connectivity index (χ0) is 24.2. The molecule has 182 valence electrons. The summed E-state index contributed by atoms with van der Waals surface area (Å²) in [5.74, 6) is 1.67. The molecule has 2 aromatic carbocycles. The highest BCUT2D eigenvalue weighted by atomic mass is 16.5. The summed E-state index contributed by atoms with van der Waals surface area (Å²) in [6, 6.07) is 16.6. The van der Waals surface area contributed by atoms with Crippen molar-refractivity contribution in [1.82, 2.24) is 30.1 Å². The number of aryl methyl sites for hydroxylation is 1. The van der Waals surface area contributed by atoms with Crippen LogP contribution in [0, 0.1) is 0 Å². The molecule has 1 aliphatic carbocycles. The number of fused-ring (bicyclic) bond motifs is 1. The molecule has 0 aliphatic heterocycles. The Morgan fingerprint density at radius 2 is 1.80 bits per heavy atom. The van der Waals surface area contributed by atoms with Crippen LogP contribution in [0.25, 0.3) is 10.9 Å². The Balaban J connectivity index is 1.45. The van der Waals surface area contributed by atoms with E-state index in [1.807, 2.05) is 28.9 Å². The molecule has 0 bridgehead atoms. The van der Waals surface area contributed by atoms with Gasteiger partial charge in [-0.3, -0.25) is 9.69 Å². The number of hydrogen-bond acceptors (Lipinski definition) is 6. The second-order valence-electron chi connectivity index (χ2n) is 9.37. The lowest BCUT2D eigenvalue weighted by molar-refractivity contribution is 0.231. The van der Waals surface area contributed by atoms with Gasteiger partial charge in [0.2, 0.25) is 0 Å². The van der Waals surface area contributed by atoms with Gasteiger partial charge in [-0.05, 0) is 76.5 Å². The molecule has 0 spiro atoms. The molecule has 1 fully saturated rings. The van der Waals surface area contributed by atoms with Crippen LogP contribution in [0.2, 0.25) is 0 Å². The average molecular weight is 473 g/mol. The third-order valence-corrected chi connectivity index (χ3v) is 6.95. The van der Waals surface area contributed by atoms with Gasteiger partial charge in [-0.2, -0.15) is 0 Å². The van der Waals surface area contributed by atoms with E-state index in [1.165, 1.54) is 18.4 Å². The number of ether oxygens (including phenoxy) is 1. The van der Waals surface area contributed by atoms with Crippen molar-refractivity contribution in [2.24, 2.45) is 0 Å². The maximum absolute atomic E-state index is 13.0. The Morgan fingerprint density at radius 3 is 2.54 bits per heavy atom. The second-order valence-corrected chi connectivity index (χ2v) is 9.37. The number of nitrogens with one attached hydrogen (secondary N) is 1. The first-order valence-electron chi connectivity index (χ1n) is 12.4. The maximum atomic E-state index is 13.0. The summed E-state index contributed by atoms with van der Waals surface area (Å²) in [6.07, 6.45) is 5.61. The van der Waals surface area contributed by atoms with Gasteiger partial charge < -0.3 is 9.72 Å². The normalized spacial score (nSPS) is 14.3. The minimum Gasteiger partial charge on any atom is -0.497 e. The Kier molecular flexibility index (Phi) is 6.90. The van der Waals surface area contributed by atoms with Crippen LogP contribution < -0.4 is 10.3 Å². The summed E-state index contributed by atoms with van der Waals surface area (Å²) in [7, 11) is 1.67. The molecule has 1 N–H and O–H groups in total. The van der Waals surface area contributed by atoms with E-state index in [-0.39, 0.29) is 5.56 Å². The number of tetrazole rings is 1. The summed E-state index contributed by atoms with van der Waals surface area (Å²) in [5, 5.41) is 13.7. The van der Waals surface area contributed by atoms with Crippen molar-refractivity contribution in [2.75, 3.05) is 7.11 Å². The van der Waals surface area contributed by atoms with Crippen LogP contribution in [-0.2, 0) is 26.1 Å². The fourth-order valence-electron chi connectivity index (χ4n) is 4.99. The lowest BCUT2D eigenvalue weighted by atomic mass is 10.1. The van der Waals surface area contributed by atoms with Gasteiger partial charge in [-0.25, -0.2) is 4.68 Å². The van der Waals surface area contributed by atoms with Crippen LogP contribution in [-0.4, -0.2) is 37.2 Å². The van der Waals surface area contributed by atoms with Gasteiger partial charge >= 0.3 is 0 Å². The Hall–Kier alpha value is -3.52. The third-order valence-electron chi connectivity index (χ3n) is 6.95. The quantitative estimate of drug-likeness (QED) is 0.388. The van der Waals surface area contributed by atoms with Crippen LogP contribution in [0.3, 0.4) is 0 Å². The molecule has 1 aliphatic rings. The van der Waals surface area contributed by atoms with E-state index in [0.29, 0.717) is 25.7 Å². The van der Waals surface area contributed by atoms with E-state index >= 15 is 0 Å². The first-order chi connectivity index (χ1) is 17.1. The highest BCUT2D eigenvalue weighted by molar-refractivity contribution is 5.79. The number of nitrogens with zero attached hydrogens (tertiary/aromatic N) is 5. The molecule has 0 radical (unpaired) electrons. The molecular formula is C27H32N6O2. The minimum absolute atomic E-state index is 0.0585. The maximum Gasteiger partial charge on any atom is 0.252 e. The van der Waals surface area contributed by atoms with E-state index < -0.39 is 0 Å². The first kappa shape index (κ1) is 23.2. The van der Waals surface area contributed by atoms with Gasteiger partial charge in [-0.15, -0.1) is 5.10 Å². The lowest BCUT2D eigenvalue weighted by Crippen LogP contribution is -2.28. The van der Waals surface area contributed by atoms with Crippen LogP contribution in [0.15, 0.2) is 53.3 Å². The van der Waals surface area contributed by atoms with Gasteiger partial charge in [0.05, 0.1) is 19.7 Å². The van der Waals surface area contributed by atoms with E-state index in [9.17, 15) is 4.79 Å². The van der Waals surface area contributed by atoms with E-state index in [1.54, 1.807) is 7.11 Å². The summed E-state index contributed by atoms with van der Waals surface area (Å²) >= 11 is 0. The van der Waals surface area contributed by atoms with Gasteiger partial charge in [0.1, 0.15) is 5.75 Å². The molecule has 5 rings (SSSR count). The summed E-state index contributed by atoms with van der Waals surface area (Å²) < 4.78 is 7.31. The van der Waals surface area contributed by atoms with Crippen molar-refractivity contribution in [3.8, 4) is 5.75 Å². The van der Waals surface area contributed by atoms with Gasteiger partial charge in [0, 0.05) is 24.2 Å². The molecule has 0 unspecified atom stereocenters. The number of rotatable bonds is 9. The molecule has 8 heteroatoms. The van der Waals surface area contributed by atoms with Crippen LogP contribution in [0.5, 0.6) is 5.75 Å². The molecule has 35 heavy (non-hydrogen) atoms. The fraction of sp³-hybridized carbons (Fsp3) is 0.407. The molecule has 0 saturated heterocycles. The fourth-order valence-corrected chi connectivity index (χ4v) is 4.99. The monoisotopic (exact) mass is 472 g/mol. The first-order valence-corrected chi connectivity index (χ1v) is 12.4. The predicted molar refractivity (Wildman–Crippen MR) is 135 cm³/mol. The van der Waals surface area contributed by atoms with E-state index in [0.717, 1.165) is 52.9 Å². The van der Waals surface area contributed by atoms with Gasteiger partial charge in [0.25, 0.3) is 5.56 Å². The zero-order valence-corrected chi connectivity index (χ0v) is 20.4. The van der Waals surface area contributed by atoms with Crippen molar-refractivity contribution >= 4 is 10.9 Å². The van der Waals surface area contributed by atoms with Crippen LogP contribution in [0.1, 0.15) is 61.2 Å². The van der Waals surface area contributed by atoms with Crippen LogP contribution >= 0.6 is 0 Å². The van der Waals surface area contributed by atoms with Crippen molar-refractivity contribution in [3.05, 3.63) is 81.4 Å². The molecule has 0 amide bonds. The zero-order valence-electron chi connectivity index (χ0n) is 20.4. The highest BCUT2D eigenvalue weighted by Crippen LogP contribution is 2.29. The Labute approximate surface area is 204 Å². The summed E-state index contributed by atoms with van der Waals surface area (Å²) in [4.78, 5) is 18.3. The van der Waals surface area contributed by atoms with Crippen molar-refractivity contribution in [2.45, 2.75) is 64.7 Å². The SMILES string of the molecule is CCc1ccc2[nH]c(=O)c(CN(Cc3ccc(OC)cc3)Cc3nnnn3C3CCCC3)cc2c1. The van der Waals surface area contributed by atoms with Crippen molar-refractivity contribution in [3.63, 3.8) is 0 Å². The predicted octanol–water partition coefficient (Wildman–Crippen LogP) is 4.40. The smallest absolute Gasteiger partial charge is 0.252 e.